The van der Waals surface area contributed by atoms with Crippen molar-refractivity contribution < 1.29 is 14.3 Å². The number of methoxy groups -OCH3 is 1. The van der Waals surface area contributed by atoms with Crippen LogP contribution in [0.1, 0.15) is 41.2 Å². The quantitative estimate of drug-likeness (QED) is 0.579. The van der Waals surface area contributed by atoms with Gasteiger partial charge in [0.2, 0.25) is 5.91 Å². The number of carbonyl (C=O) groups is 2. The van der Waals surface area contributed by atoms with Crippen LogP contribution in [-0.4, -0.2) is 33.9 Å². The van der Waals surface area contributed by atoms with Gasteiger partial charge in [-0.3, -0.25) is 14.4 Å². The summed E-state index contributed by atoms with van der Waals surface area (Å²) in [5.74, 6) is -0.0900. The average Bonchev–Trinajstić information content (AvgIpc) is 3.30. The van der Waals surface area contributed by atoms with Gasteiger partial charge in [-0.1, -0.05) is 0 Å². The summed E-state index contributed by atoms with van der Waals surface area (Å²) < 4.78 is 4.60. The molecule has 8 nitrogen and oxygen atoms in total. The van der Waals surface area contributed by atoms with Gasteiger partial charge in [0.25, 0.3) is 5.56 Å². The van der Waals surface area contributed by atoms with Crippen LogP contribution < -0.4 is 10.9 Å². The number of carbonyl (C=O) groups excluding carboxylic acids is 2. The van der Waals surface area contributed by atoms with E-state index in [9.17, 15) is 14.4 Å². The monoisotopic (exact) mass is 432 g/mol. The number of thiazole rings is 1. The molecule has 3 aromatic rings. The van der Waals surface area contributed by atoms with Crippen molar-refractivity contribution in [1.82, 2.24) is 15.0 Å². The van der Waals surface area contributed by atoms with E-state index in [1.807, 2.05) is 0 Å². The Kier molecular flexibility index (Phi) is 5.72. The topological polar surface area (TPSA) is 114 Å². The molecule has 0 fully saturated rings. The van der Waals surface area contributed by atoms with E-state index in [0.717, 1.165) is 41.5 Å². The zero-order valence-corrected chi connectivity index (χ0v) is 17.5. The van der Waals surface area contributed by atoms with Gasteiger partial charge < -0.3 is 15.0 Å². The second kappa shape index (κ2) is 8.42. The predicted octanol–water partition coefficient (Wildman–Crippen LogP) is 2.61. The minimum Gasteiger partial charge on any atom is -0.469 e. The van der Waals surface area contributed by atoms with Gasteiger partial charge in [-0.05, 0) is 31.2 Å². The zero-order chi connectivity index (χ0) is 20.4. The summed E-state index contributed by atoms with van der Waals surface area (Å²) in [4.78, 5) is 49.7. The molecule has 0 saturated carbocycles. The number of nitrogens with zero attached hydrogens (tertiary/aromatic N) is 2. The number of aromatic amines is 1. The first-order valence-electron chi connectivity index (χ1n) is 9.38. The van der Waals surface area contributed by atoms with Gasteiger partial charge in [-0.15, -0.1) is 22.7 Å². The lowest BCUT2D eigenvalue weighted by molar-refractivity contribution is -0.139. The van der Waals surface area contributed by atoms with Crippen molar-refractivity contribution in [3.05, 3.63) is 37.7 Å². The number of anilines is 1. The minimum atomic E-state index is -0.381. The summed E-state index contributed by atoms with van der Waals surface area (Å²) in [6.07, 6.45) is 4.79. The van der Waals surface area contributed by atoms with Crippen molar-refractivity contribution >= 4 is 49.9 Å². The number of fused-ring (bicyclic) bond motifs is 3. The lowest BCUT2D eigenvalue weighted by Crippen LogP contribution is -2.16. The van der Waals surface area contributed by atoms with E-state index in [1.165, 1.54) is 23.3 Å². The number of thiophene rings is 1. The first kappa shape index (κ1) is 19.7. The Morgan fingerprint density at radius 1 is 1.28 bits per heavy atom. The molecule has 152 valence electrons. The molecular formula is C19H20N4O4S2. The lowest BCUT2D eigenvalue weighted by Gasteiger charge is -2.09. The van der Waals surface area contributed by atoms with Crippen LogP contribution in [0.3, 0.4) is 0 Å². The third-order valence-corrected chi connectivity index (χ3v) is 6.81. The fraction of sp³-hybridized carbons (Fsp3) is 0.421. The predicted molar refractivity (Wildman–Crippen MR) is 112 cm³/mol. The smallest absolute Gasteiger partial charge is 0.311 e. The maximum Gasteiger partial charge on any atom is 0.311 e. The summed E-state index contributed by atoms with van der Waals surface area (Å²) in [5, 5.41) is 5.57. The Bertz CT molecular complexity index is 1130. The first-order valence-corrected chi connectivity index (χ1v) is 11.1. The van der Waals surface area contributed by atoms with Crippen LogP contribution in [0.4, 0.5) is 5.13 Å². The van der Waals surface area contributed by atoms with E-state index in [1.54, 1.807) is 16.7 Å². The highest BCUT2D eigenvalue weighted by molar-refractivity contribution is 7.18. The molecule has 0 aliphatic heterocycles. The van der Waals surface area contributed by atoms with Crippen LogP contribution in [0.2, 0.25) is 0 Å². The molecule has 3 aromatic heterocycles. The number of H-pyrrole nitrogens is 1. The number of hydrogen-bond donors (Lipinski definition) is 2. The molecule has 0 aromatic carbocycles. The maximum absolute atomic E-state index is 12.5. The van der Waals surface area contributed by atoms with Gasteiger partial charge in [-0.2, -0.15) is 0 Å². The molecule has 0 radical (unpaired) electrons. The molecule has 0 bridgehead atoms. The fourth-order valence-electron chi connectivity index (χ4n) is 3.41. The molecular weight excluding hydrogens is 412 g/mol. The average molecular weight is 433 g/mol. The summed E-state index contributed by atoms with van der Waals surface area (Å²) in [7, 11) is 1.32. The number of amides is 1. The molecule has 0 spiro atoms. The normalized spacial score (nSPS) is 13.3. The van der Waals surface area contributed by atoms with Gasteiger partial charge in [-0.25, -0.2) is 9.97 Å². The van der Waals surface area contributed by atoms with Crippen molar-refractivity contribution in [3.8, 4) is 0 Å². The third-order valence-electron chi connectivity index (χ3n) is 4.81. The lowest BCUT2D eigenvalue weighted by atomic mass is 9.97. The number of nitrogens with one attached hydrogen (secondary N) is 2. The third kappa shape index (κ3) is 4.38. The number of ether oxygens (including phenoxy) is 1. The number of esters is 1. The van der Waals surface area contributed by atoms with Crippen LogP contribution in [0.5, 0.6) is 0 Å². The van der Waals surface area contributed by atoms with E-state index < -0.39 is 0 Å². The Balaban J connectivity index is 1.40. The molecule has 29 heavy (non-hydrogen) atoms. The largest absolute Gasteiger partial charge is 0.469 e. The van der Waals surface area contributed by atoms with Gasteiger partial charge in [0.05, 0.1) is 24.6 Å². The molecule has 0 atom stereocenters. The highest BCUT2D eigenvalue weighted by Crippen LogP contribution is 2.33. The van der Waals surface area contributed by atoms with Crippen LogP contribution >= 0.6 is 22.7 Å². The summed E-state index contributed by atoms with van der Waals surface area (Å²) in [6.45, 7) is 0. The van der Waals surface area contributed by atoms with Crippen molar-refractivity contribution in [2.45, 2.75) is 44.9 Å². The number of aromatic nitrogens is 3. The first-order chi connectivity index (χ1) is 14.0. The molecule has 4 rings (SSSR count). The molecule has 0 unspecified atom stereocenters. The molecule has 10 heteroatoms. The molecule has 1 amide bonds. The summed E-state index contributed by atoms with van der Waals surface area (Å²) >= 11 is 2.85. The van der Waals surface area contributed by atoms with Gasteiger partial charge in [0, 0.05) is 23.1 Å². The molecule has 0 saturated heterocycles. The second-order valence-corrected chi connectivity index (χ2v) is 8.79. The Morgan fingerprint density at radius 2 is 2.10 bits per heavy atom. The van der Waals surface area contributed by atoms with Crippen LogP contribution in [-0.2, 0) is 40.0 Å². The van der Waals surface area contributed by atoms with Gasteiger partial charge in [0.1, 0.15) is 10.7 Å². The van der Waals surface area contributed by atoms with Gasteiger partial charge >= 0.3 is 5.97 Å². The number of hydrogen-bond acceptors (Lipinski definition) is 8. The van der Waals surface area contributed by atoms with E-state index in [2.05, 4.69) is 25.0 Å². The van der Waals surface area contributed by atoms with E-state index in [4.69, 9.17) is 0 Å². The van der Waals surface area contributed by atoms with Crippen molar-refractivity contribution in [2.24, 2.45) is 0 Å². The number of aryl methyl sites for hydroxylation is 3. The van der Waals surface area contributed by atoms with Crippen molar-refractivity contribution in [1.29, 1.82) is 0 Å². The Morgan fingerprint density at radius 3 is 2.93 bits per heavy atom. The Labute approximate surface area is 174 Å². The maximum atomic E-state index is 12.5. The zero-order valence-electron chi connectivity index (χ0n) is 15.9. The molecule has 1 aliphatic rings. The number of rotatable bonds is 6. The molecule has 2 N–H and O–H groups in total. The van der Waals surface area contributed by atoms with Crippen LogP contribution in [0.25, 0.3) is 10.2 Å². The van der Waals surface area contributed by atoms with Crippen molar-refractivity contribution in [3.63, 3.8) is 0 Å². The summed E-state index contributed by atoms with van der Waals surface area (Å²) in [5.41, 5.74) is 1.59. The van der Waals surface area contributed by atoms with Crippen LogP contribution in [0.15, 0.2) is 10.2 Å². The van der Waals surface area contributed by atoms with Crippen molar-refractivity contribution in [2.75, 3.05) is 12.4 Å². The van der Waals surface area contributed by atoms with Gasteiger partial charge in [0.15, 0.2) is 5.13 Å². The highest BCUT2D eigenvalue weighted by Gasteiger charge is 2.20. The van der Waals surface area contributed by atoms with E-state index in [0.29, 0.717) is 23.1 Å². The van der Waals surface area contributed by atoms with E-state index >= 15 is 0 Å². The summed E-state index contributed by atoms with van der Waals surface area (Å²) in [6, 6.07) is 0. The molecule has 3 heterocycles. The SMILES string of the molecule is COC(=O)Cc1csc(NC(=O)CCc2nc3sc4c(c3c(=O)[nH]2)CCCC4)n1. The van der Waals surface area contributed by atoms with Crippen LogP contribution in [0, 0.1) is 0 Å². The molecule has 1 aliphatic carbocycles. The van der Waals surface area contributed by atoms with E-state index in [-0.39, 0.29) is 30.3 Å². The fourth-order valence-corrected chi connectivity index (χ4v) is 5.41. The highest BCUT2D eigenvalue weighted by atomic mass is 32.1. The standard InChI is InChI=1S/C19H20N4O4S2/c1-27-15(25)8-10-9-28-19(20-10)23-14(24)7-6-13-21-17(26)16-11-4-2-3-5-12(11)29-18(16)22-13/h9H,2-8H2,1H3,(H,20,23,24)(H,21,22,26). The second-order valence-electron chi connectivity index (χ2n) is 6.85. The Hall–Kier alpha value is -2.59. The minimum absolute atomic E-state index is 0.0683.